The molecular formula is C10H13BrS. The summed E-state index contributed by atoms with van der Waals surface area (Å²) in [5.41, 5.74) is 1.40. The minimum atomic E-state index is 1.10. The summed E-state index contributed by atoms with van der Waals surface area (Å²) < 4.78 is 1.28. The van der Waals surface area contributed by atoms with Crippen LogP contribution in [0.3, 0.4) is 0 Å². The fraction of sp³-hybridized carbons (Fsp3) is 0.400. The van der Waals surface area contributed by atoms with E-state index in [0.717, 1.165) is 12.2 Å². The number of thioether (sulfide) groups is 1. The molecular weight excluding hydrogens is 232 g/mol. The van der Waals surface area contributed by atoms with Crippen LogP contribution in [-0.4, -0.2) is 5.75 Å². The smallest absolute Gasteiger partial charge is 0.0343 e. The number of benzene rings is 1. The van der Waals surface area contributed by atoms with Gasteiger partial charge in [0.25, 0.3) is 0 Å². The molecule has 0 unspecified atom stereocenters. The number of halogens is 1. The summed E-state index contributed by atoms with van der Waals surface area (Å²) in [5, 5.41) is 0. The van der Waals surface area contributed by atoms with E-state index in [9.17, 15) is 0 Å². The fourth-order valence-corrected chi connectivity index (χ4v) is 2.73. The fourth-order valence-electron chi connectivity index (χ4n) is 1.10. The van der Waals surface area contributed by atoms with Gasteiger partial charge >= 0.3 is 0 Å². The summed E-state index contributed by atoms with van der Waals surface area (Å²) in [7, 11) is 0. The maximum Gasteiger partial charge on any atom is 0.0343 e. The number of aryl methyl sites for hydroxylation is 1. The Labute approximate surface area is 86.9 Å². The van der Waals surface area contributed by atoms with E-state index >= 15 is 0 Å². The molecule has 1 aromatic carbocycles. The van der Waals surface area contributed by atoms with Gasteiger partial charge in [-0.2, -0.15) is 0 Å². The molecule has 0 nitrogen and oxygen atoms in total. The van der Waals surface area contributed by atoms with Gasteiger partial charge in [-0.15, -0.1) is 11.8 Å². The first-order valence-corrected chi connectivity index (χ1v) is 5.97. The van der Waals surface area contributed by atoms with Gasteiger partial charge in [0.1, 0.15) is 0 Å². The highest BCUT2D eigenvalue weighted by Gasteiger charge is 2.02. The van der Waals surface area contributed by atoms with E-state index in [2.05, 4.69) is 48.0 Å². The lowest BCUT2D eigenvalue weighted by molar-refractivity contribution is 1.10. The van der Waals surface area contributed by atoms with E-state index in [1.54, 1.807) is 0 Å². The normalized spacial score (nSPS) is 10.2. The third kappa shape index (κ3) is 2.27. The molecule has 1 rings (SSSR count). The largest absolute Gasteiger partial charge is 0.125 e. The summed E-state index contributed by atoms with van der Waals surface area (Å²) in [6.07, 6.45) is 1.10. The van der Waals surface area contributed by atoms with Crippen molar-refractivity contribution in [3.8, 4) is 0 Å². The Morgan fingerprint density at radius 3 is 2.67 bits per heavy atom. The average Bonchev–Trinajstić information content (AvgIpc) is 2.09. The van der Waals surface area contributed by atoms with Gasteiger partial charge < -0.3 is 0 Å². The number of rotatable bonds is 3. The van der Waals surface area contributed by atoms with Crippen LogP contribution in [0.25, 0.3) is 0 Å². The van der Waals surface area contributed by atoms with Crippen molar-refractivity contribution >= 4 is 27.7 Å². The first-order chi connectivity index (χ1) is 5.79. The van der Waals surface area contributed by atoms with Crippen molar-refractivity contribution in [3.63, 3.8) is 0 Å². The molecule has 0 radical (unpaired) electrons. The van der Waals surface area contributed by atoms with E-state index in [4.69, 9.17) is 0 Å². The second kappa shape index (κ2) is 4.93. The zero-order valence-corrected chi connectivity index (χ0v) is 9.83. The molecule has 0 saturated heterocycles. The lowest BCUT2D eigenvalue weighted by Crippen LogP contribution is -1.84. The van der Waals surface area contributed by atoms with Gasteiger partial charge in [0.05, 0.1) is 0 Å². The molecule has 0 aliphatic rings. The zero-order valence-electron chi connectivity index (χ0n) is 7.43. The standard InChI is InChI=1S/C10H13BrS/c1-3-8-6-5-7-9(10(8)11)12-4-2/h5-7H,3-4H2,1-2H3. The minimum Gasteiger partial charge on any atom is -0.125 e. The van der Waals surface area contributed by atoms with E-state index in [0.29, 0.717) is 0 Å². The molecule has 66 valence electrons. The predicted octanol–water partition coefficient (Wildman–Crippen LogP) is 4.12. The van der Waals surface area contributed by atoms with Crippen LogP contribution in [0.2, 0.25) is 0 Å². The molecule has 0 spiro atoms. The van der Waals surface area contributed by atoms with Crippen LogP contribution in [0.15, 0.2) is 27.6 Å². The Morgan fingerprint density at radius 1 is 1.33 bits per heavy atom. The molecule has 0 fully saturated rings. The zero-order chi connectivity index (χ0) is 8.97. The van der Waals surface area contributed by atoms with E-state index in [1.165, 1.54) is 14.9 Å². The summed E-state index contributed by atoms with van der Waals surface area (Å²) in [5.74, 6) is 1.13. The van der Waals surface area contributed by atoms with Gasteiger partial charge in [-0.05, 0) is 39.7 Å². The number of hydrogen-bond acceptors (Lipinski definition) is 1. The van der Waals surface area contributed by atoms with Gasteiger partial charge in [0.2, 0.25) is 0 Å². The van der Waals surface area contributed by atoms with Gasteiger partial charge in [-0.1, -0.05) is 26.0 Å². The Morgan fingerprint density at radius 2 is 2.08 bits per heavy atom. The highest BCUT2D eigenvalue weighted by Crippen LogP contribution is 2.30. The SMILES string of the molecule is CCSc1cccc(CC)c1Br. The van der Waals surface area contributed by atoms with Crippen molar-refractivity contribution in [1.29, 1.82) is 0 Å². The molecule has 0 N–H and O–H groups in total. The second-order valence-corrected chi connectivity index (χ2v) is 4.61. The van der Waals surface area contributed by atoms with Gasteiger partial charge in [-0.25, -0.2) is 0 Å². The average molecular weight is 245 g/mol. The van der Waals surface area contributed by atoms with Crippen molar-refractivity contribution < 1.29 is 0 Å². The van der Waals surface area contributed by atoms with Crippen LogP contribution < -0.4 is 0 Å². The molecule has 0 bridgehead atoms. The van der Waals surface area contributed by atoms with Gasteiger partial charge in [-0.3, -0.25) is 0 Å². The van der Waals surface area contributed by atoms with Crippen LogP contribution >= 0.6 is 27.7 Å². The minimum absolute atomic E-state index is 1.10. The van der Waals surface area contributed by atoms with Crippen molar-refractivity contribution in [2.24, 2.45) is 0 Å². The maximum absolute atomic E-state index is 3.62. The third-order valence-corrected chi connectivity index (χ3v) is 3.86. The molecule has 0 amide bonds. The van der Waals surface area contributed by atoms with Crippen LogP contribution in [-0.2, 0) is 6.42 Å². The summed E-state index contributed by atoms with van der Waals surface area (Å²) in [6.45, 7) is 4.36. The van der Waals surface area contributed by atoms with E-state index < -0.39 is 0 Å². The van der Waals surface area contributed by atoms with Crippen LogP contribution in [0.1, 0.15) is 19.4 Å². The molecule has 0 aliphatic heterocycles. The molecule has 0 saturated carbocycles. The summed E-state index contributed by atoms with van der Waals surface area (Å²) in [4.78, 5) is 1.36. The molecule has 1 aromatic rings. The monoisotopic (exact) mass is 244 g/mol. The van der Waals surface area contributed by atoms with Crippen molar-refractivity contribution in [2.75, 3.05) is 5.75 Å². The van der Waals surface area contributed by atoms with E-state index in [-0.39, 0.29) is 0 Å². The molecule has 0 aliphatic carbocycles. The molecule has 2 heteroatoms. The van der Waals surface area contributed by atoms with Gasteiger partial charge in [0.15, 0.2) is 0 Å². The van der Waals surface area contributed by atoms with Crippen molar-refractivity contribution in [2.45, 2.75) is 25.2 Å². The first kappa shape index (κ1) is 10.1. The topological polar surface area (TPSA) is 0 Å². The Kier molecular flexibility index (Phi) is 4.16. The number of hydrogen-bond donors (Lipinski definition) is 0. The lowest BCUT2D eigenvalue weighted by Gasteiger charge is -2.06. The molecule has 0 atom stereocenters. The quantitative estimate of drug-likeness (QED) is 0.722. The van der Waals surface area contributed by atoms with Crippen molar-refractivity contribution in [1.82, 2.24) is 0 Å². The molecule has 12 heavy (non-hydrogen) atoms. The summed E-state index contributed by atoms with van der Waals surface area (Å²) in [6, 6.07) is 6.46. The van der Waals surface area contributed by atoms with Crippen LogP contribution in [0, 0.1) is 0 Å². The predicted molar refractivity (Wildman–Crippen MR) is 59.9 cm³/mol. The maximum atomic E-state index is 3.62. The lowest BCUT2D eigenvalue weighted by atomic mass is 10.2. The highest BCUT2D eigenvalue weighted by atomic mass is 79.9. The van der Waals surface area contributed by atoms with Crippen LogP contribution in [0.5, 0.6) is 0 Å². The third-order valence-electron chi connectivity index (χ3n) is 1.72. The Bertz CT molecular complexity index is 258. The summed E-state index contributed by atoms with van der Waals surface area (Å²) >= 11 is 5.51. The van der Waals surface area contributed by atoms with Gasteiger partial charge in [0, 0.05) is 9.37 Å². The Hall–Kier alpha value is 0.0500. The van der Waals surface area contributed by atoms with Crippen molar-refractivity contribution in [3.05, 3.63) is 28.2 Å². The Balaban J connectivity index is 2.97. The van der Waals surface area contributed by atoms with Crippen LogP contribution in [0.4, 0.5) is 0 Å². The highest BCUT2D eigenvalue weighted by molar-refractivity contribution is 9.10. The second-order valence-electron chi connectivity index (χ2n) is 2.52. The molecule has 0 heterocycles. The first-order valence-electron chi connectivity index (χ1n) is 4.19. The van der Waals surface area contributed by atoms with E-state index in [1.807, 2.05) is 11.8 Å². The molecule has 0 aromatic heterocycles.